The van der Waals surface area contributed by atoms with Gasteiger partial charge < -0.3 is 5.32 Å². The lowest BCUT2D eigenvalue weighted by atomic mass is 10.1. The van der Waals surface area contributed by atoms with E-state index in [0.29, 0.717) is 0 Å². The largest absolute Gasteiger partial charge is 0.418 e. The van der Waals surface area contributed by atoms with Crippen LogP contribution in [0.25, 0.3) is 0 Å². The fourth-order valence-electron chi connectivity index (χ4n) is 1.69. The Balaban J connectivity index is 3.04. The van der Waals surface area contributed by atoms with Crippen LogP contribution in [0, 0.1) is 0 Å². The molecule has 1 N–H and O–H groups in total. The van der Waals surface area contributed by atoms with Crippen LogP contribution in [-0.4, -0.2) is 26.0 Å². The zero-order valence-electron chi connectivity index (χ0n) is 11.0. The molecule has 0 spiro atoms. The van der Waals surface area contributed by atoms with Crippen LogP contribution in [0.5, 0.6) is 0 Å². The van der Waals surface area contributed by atoms with E-state index in [1.165, 1.54) is 26.0 Å². The number of nitrogens with one attached hydrogen (secondary N) is 1. The normalized spacial score (nSPS) is 14.1. The van der Waals surface area contributed by atoms with Crippen molar-refractivity contribution in [2.45, 2.75) is 26.1 Å². The molecule has 0 aromatic heterocycles. The zero-order valence-corrected chi connectivity index (χ0v) is 12.5. The average molecular weight is 330 g/mol. The number of hydrogen-bond donors (Lipinski definition) is 1. The molecule has 0 fully saturated rings. The van der Waals surface area contributed by atoms with Crippen LogP contribution in [0.15, 0.2) is 18.2 Å². The molecule has 0 aliphatic heterocycles. The first-order valence-electron chi connectivity index (χ1n) is 5.89. The molecule has 20 heavy (non-hydrogen) atoms. The Hall–Kier alpha value is -0.950. The molecule has 0 saturated carbocycles. The Kier molecular flexibility index (Phi) is 5.32. The van der Waals surface area contributed by atoms with E-state index in [1.807, 2.05) is 0 Å². The third-order valence-corrected chi connectivity index (χ3v) is 4.86. The summed E-state index contributed by atoms with van der Waals surface area (Å²) in [6, 6.07) is 2.74. The van der Waals surface area contributed by atoms with Gasteiger partial charge in [-0.15, -0.1) is 0 Å². The minimum atomic E-state index is -4.56. The van der Waals surface area contributed by atoms with Crippen molar-refractivity contribution < 1.29 is 21.6 Å². The van der Waals surface area contributed by atoms with E-state index in [1.54, 1.807) is 0 Å². The minimum Gasteiger partial charge on any atom is -0.380 e. The second-order valence-corrected chi connectivity index (χ2v) is 7.21. The predicted octanol–water partition coefficient (Wildman–Crippen LogP) is 3.59. The van der Waals surface area contributed by atoms with Gasteiger partial charge in [-0.05, 0) is 19.1 Å². The number of benzene rings is 1. The molecule has 0 bridgehead atoms. The smallest absolute Gasteiger partial charge is 0.380 e. The summed E-state index contributed by atoms with van der Waals surface area (Å²) in [5.41, 5.74) is -1.20. The zero-order chi connectivity index (χ0) is 15.6. The Bertz CT molecular complexity index is 573. The van der Waals surface area contributed by atoms with Gasteiger partial charge in [0.25, 0.3) is 0 Å². The quantitative estimate of drug-likeness (QED) is 0.898. The van der Waals surface area contributed by atoms with Crippen molar-refractivity contribution in [3.8, 4) is 0 Å². The summed E-state index contributed by atoms with van der Waals surface area (Å²) >= 11 is 5.77. The molecule has 1 rings (SSSR count). The predicted molar refractivity (Wildman–Crippen MR) is 73.9 cm³/mol. The highest BCUT2D eigenvalue weighted by molar-refractivity contribution is 7.91. The summed E-state index contributed by atoms with van der Waals surface area (Å²) in [5.74, 6) is -0.320. The molecule has 0 aliphatic rings. The lowest BCUT2D eigenvalue weighted by Crippen LogP contribution is -2.28. The topological polar surface area (TPSA) is 46.2 Å². The average Bonchev–Trinajstić information content (AvgIpc) is 2.29. The summed E-state index contributed by atoms with van der Waals surface area (Å²) in [4.78, 5) is 0. The fourth-order valence-corrected chi connectivity index (χ4v) is 3.00. The monoisotopic (exact) mass is 329 g/mol. The number of rotatable bonds is 5. The van der Waals surface area contributed by atoms with Crippen LogP contribution in [0.1, 0.15) is 19.4 Å². The van der Waals surface area contributed by atoms with E-state index in [0.717, 1.165) is 6.07 Å². The maximum absolute atomic E-state index is 12.9. The number of sulfone groups is 1. The van der Waals surface area contributed by atoms with Crippen LogP contribution in [-0.2, 0) is 16.0 Å². The lowest BCUT2D eigenvalue weighted by Gasteiger charge is -2.20. The lowest BCUT2D eigenvalue weighted by molar-refractivity contribution is -0.137. The second-order valence-electron chi connectivity index (χ2n) is 4.40. The van der Waals surface area contributed by atoms with Gasteiger partial charge in [0, 0.05) is 11.8 Å². The van der Waals surface area contributed by atoms with Gasteiger partial charge in [0.1, 0.15) is 0 Å². The number of halogens is 4. The van der Waals surface area contributed by atoms with Crippen molar-refractivity contribution in [1.82, 2.24) is 0 Å². The van der Waals surface area contributed by atoms with Crippen LogP contribution in [0.3, 0.4) is 0 Å². The molecular formula is C12H15ClF3NO2S. The minimum absolute atomic E-state index is 0.0618. The van der Waals surface area contributed by atoms with Gasteiger partial charge in [-0.2, -0.15) is 13.2 Å². The number of para-hydroxylation sites is 1. The fraction of sp³-hybridized carbons (Fsp3) is 0.500. The molecule has 0 radical (unpaired) electrons. The highest BCUT2D eigenvalue weighted by Crippen LogP contribution is 2.38. The third kappa shape index (κ3) is 4.56. The van der Waals surface area contributed by atoms with E-state index in [2.05, 4.69) is 5.32 Å². The maximum Gasteiger partial charge on any atom is 0.418 e. The Morgan fingerprint density at radius 2 is 1.95 bits per heavy atom. The van der Waals surface area contributed by atoms with Crippen LogP contribution in [0.4, 0.5) is 18.9 Å². The Morgan fingerprint density at radius 1 is 1.35 bits per heavy atom. The molecule has 1 atom stereocenters. The number of alkyl halides is 3. The molecule has 0 saturated heterocycles. The van der Waals surface area contributed by atoms with Gasteiger partial charge in [0.05, 0.1) is 22.0 Å². The summed E-state index contributed by atoms with van der Waals surface area (Å²) < 4.78 is 61.5. The molecule has 0 aliphatic carbocycles. The first-order chi connectivity index (χ1) is 9.07. The summed E-state index contributed by atoms with van der Waals surface area (Å²) in [6.45, 7) is 2.98. The maximum atomic E-state index is 12.9. The first-order valence-corrected chi connectivity index (χ1v) is 8.09. The molecule has 0 heterocycles. The third-order valence-electron chi connectivity index (χ3n) is 2.65. The molecule has 1 aromatic carbocycles. The van der Waals surface area contributed by atoms with Gasteiger partial charge in [-0.1, -0.05) is 24.6 Å². The molecule has 1 aromatic rings. The Labute approximate surface area is 121 Å². The van der Waals surface area contributed by atoms with Gasteiger partial charge in [-0.3, -0.25) is 0 Å². The van der Waals surface area contributed by atoms with E-state index in [4.69, 9.17) is 11.6 Å². The van der Waals surface area contributed by atoms with Crippen LogP contribution < -0.4 is 5.32 Å². The van der Waals surface area contributed by atoms with Crippen molar-refractivity contribution in [2.24, 2.45) is 0 Å². The van der Waals surface area contributed by atoms with Crippen molar-refractivity contribution in [1.29, 1.82) is 0 Å². The highest BCUT2D eigenvalue weighted by atomic mass is 35.5. The van der Waals surface area contributed by atoms with Crippen molar-refractivity contribution in [2.75, 3.05) is 16.8 Å². The SMILES string of the molecule is CCS(=O)(=O)CC(C)Nc1c(Cl)cccc1C(F)(F)F. The van der Waals surface area contributed by atoms with Crippen molar-refractivity contribution in [3.05, 3.63) is 28.8 Å². The van der Waals surface area contributed by atoms with E-state index >= 15 is 0 Å². The Morgan fingerprint density at radius 3 is 2.45 bits per heavy atom. The molecule has 114 valence electrons. The summed E-state index contributed by atoms with van der Waals surface area (Å²) in [6.07, 6.45) is -4.56. The van der Waals surface area contributed by atoms with Crippen LogP contribution in [0.2, 0.25) is 5.02 Å². The van der Waals surface area contributed by atoms with E-state index in [-0.39, 0.29) is 22.2 Å². The highest BCUT2D eigenvalue weighted by Gasteiger charge is 2.34. The molecule has 8 heteroatoms. The van der Waals surface area contributed by atoms with Gasteiger partial charge >= 0.3 is 6.18 Å². The van der Waals surface area contributed by atoms with Gasteiger partial charge in [-0.25, -0.2) is 8.42 Å². The van der Waals surface area contributed by atoms with E-state index < -0.39 is 27.6 Å². The molecule has 0 amide bonds. The molecule has 1 unspecified atom stereocenters. The molecule has 3 nitrogen and oxygen atoms in total. The van der Waals surface area contributed by atoms with Gasteiger partial charge in [0.2, 0.25) is 0 Å². The standard InChI is InChI=1S/C12H15ClF3NO2S/c1-3-20(18,19)7-8(2)17-11-9(12(14,15)16)5-4-6-10(11)13/h4-6,8,17H,3,7H2,1-2H3. The first kappa shape index (κ1) is 17.1. The number of anilines is 1. The van der Waals surface area contributed by atoms with E-state index in [9.17, 15) is 21.6 Å². The van der Waals surface area contributed by atoms with Gasteiger partial charge in [0.15, 0.2) is 9.84 Å². The summed E-state index contributed by atoms with van der Waals surface area (Å²) in [7, 11) is -3.29. The van der Waals surface area contributed by atoms with Crippen LogP contribution >= 0.6 is 11.6 Å². The number of hydrogen-bond acceptors (Lipinski definition) is 3. The second kappa shape index (κ2) is 6.22. The summed E-state index contributed by atoms with van der Waals surface area (Å²) in [5, 5.41) is 2.45. The molecular weight excluding hydrogens is 315 g/mol. The van der Waals surface area contributed by atoms with Crippen molar-refractivity contribution in [3.63, 3.8) is 0 Å². The van der Waals surface area contributed by atoms with Crippen molar-refractivity contribution >= 4 is 27.1 Å².